The molecule has 0 unspecified atom stereocenters. The largest absolute Gasteiger partial charge is 3.00 e. The molecule has 0 aromatic heterocycles. The van der Waals surface area contributed by atoms with Crippen LogP contribution in [0.2, 0.25) is 0 Å². The van der Waals surface area contributed by atoms with Crippen molar-refractivity contribution in [2.45, 2.75) is 0 Å². The summed E-state index contributed by atoms with van der Waals surface area (Å²) in [5, 5.41) is 0. The number of hydrogen-bond donors (Lipinski definition) is 0. The zero-order valence-corrected chi connectivity index (χ0v) is 13.9. The summed E-state index contributed by atoms with van der Waals surface area (Å²) in [6.45, 7) is 0. The van der Waals surface area contributed by atoms with Gasteiger partial charge in [-0.25, -0.2) is 0 Å². The first-order chi connectivity index (χ1) is 6.45. The third kappa shape index (κ3) is 12.3. The minimum atomic E-state index is 0. The van der Waals surface area contributed by atoms with Crippen molar-refractivity contribution < 1.29 is 49.4 Å². The molecule has 0 N–H and O–H groups in total. The molecule has 0 heterocycles. The normalized spacial score (nSPS) is 6.40. The zero-order valence-electron chi connectivity index (χ0n) is 9.87. The Kier molecular flexibility index (Phi) is 37.7. The van der Waals surface area contributed by atoms with E-state index in [2.05, 4.69) is 60.7 Å². The predicted octanol–water partition coefficient (Wildman–Crippen LogP) is -18.5. The summed E-state index contributed by atoms with van der Waals surface area (Å²) in [6.07, 6.45) is 0. The maximum atomic E-state index is 2.21. The first-order valence-corrected chi connectivity index (χ1v) is 6.36. The maximum absolute atomic E-state index is 2.21. The second-order valence-corrected chi connectivity index (χ2v) is 5.72. The van der Waals surface area contributed by atoms with Crippen LogP contribution in [0.25, 0.3) is 0 Å². The Morgan fingerprint density at radius 2 is 0.700 bits per heavy atom. The van der Waals surface area contributed by atoms with Crippen molar-refractivity contribution >= 4 is 18.0 Å². The molecule has 0 saturated carbocycles. The van der Waals surface area contributed by atoms with Gasteiger partial charge in [0.2, 0.25) is 0 Å². The van der Waals surface area contributed by atoms with Crippen molar-refractivity contribution in [1.82, 2.24) is 0 Å². The van der Waals surface area contributed by atoms with Gasteiger partial charge in [-0.05, 0) is 24.3 Å². The summed E-state index contributed by atoms with van der Waals surface area (Å²) in [6, 6.07) is 21.4. The second kappa shape index (κ2) is 20.6. The van der Waals surface area contributed by atoms with E-state index in [1.807, 2.05) is 0 Å². The van der Waals surface area contributed by atoms with E-state index in [1.165, 1.54) is 7.14 Å². The molecule has 2 rings (SSSR count). The topological polar surface area (TPSA) is 0 Å². The van der Waals surface area contributed by atoms with Gasteiger partial charge in [-0.2, -0.15) is 0 Å². The molecule has 0 spiro atoms. The molecule has 0 fully saturated rings. The van der Waals surface area contributed by atoms with Crippen LogP contribution in [0.15, 0.2) is 60.7 Å². The monoisotopic (exact) mass is 470 g/mol. The van der Waals surface area contributed by atoms with Crippen LogP contribution in [0, 0.1) is 7.14 Å². The summed E-state index contributed by atoms with van der Waals surface area (Å²) >= 11 is 0.0287. The van der Waals surface area contributed by atoms with E-state index in [-0.39, 0.29) is 67.4 Å². The summed E-state index contributed by atoms with van der Waals surface area (Å²) in [5.41, 5.74) is 0. The number of halogens is 7. The van der Waals surface area contributed by atoms with Crippen LogP contribution >= 0.6 is 0 Å². The molecule has 0 atom stereocenters. The Morgan fingerprint density at radius 3 is 0.950 bits per heavy atom. The van der Waals surface area contributed by atoms with E-state index in [0.29, 0.717) is 0 Å². The standard InChI is InChI=1S/C12H10I.As.6FH/c1-3-7-11(8-4-1)13-12-9-5-2-6-10-12;;;;;;;/h1-10H;;6*1H/q+1;+3;;;;;;/p-6. The van der Waals surface area contributed by atoms with Crippen molar-refractivity contribution in [2.75, 3.05) is 0 Å². The first-order valence-electron chi connectivity index (χ1n) is 4.20. The molecule has 114 valence electrons. The summed E-state index contributed by atoms with van der Waals surface area (Å²) in [5.74, 6) is 0. The third-order valence-electron chi connectivity index (χ3n) is 1.68. The molecular weight excluding hydrogens is 460 g/mol. The van der Waals surface area contributed by atoms with Gasteiger partial charge in [-0.15, -0.1) is 0 Å². The van der Waals surface area contributed by atoms with Crippen LogP contribution < -0.4 is 49.4 Å². The first kappa shape index (κ1) is 36.5. The SMILES string of the molecule is [As+3].[F-].[F-].[F-].[F-].[F-].[F-].c1ccc([I+]c2ccccc2)cc1. The minimum absolute atomic E-state index is 0. The minimum Gasteiger partial charge on any atom is -1.00 e. The van der Waals surface area contributed by atoms with E-state index in [0.717, 1.165) is 0 Å². The van der Waals surface area contributed by atoms with Crippen LogP contribution in [-0.2, 0) is 0 Å². The van der Waals surface area contributed by atoms with Gasteiger partial charge in [0, 0.05) is 0 Å². The van der Waals surface area contributed by atoms with Crippen LogP contribution in [-0.4, -0.2) is 18.0 Å². The Labute approximate surface area is 135 Å². The molecule has 20 heavy (non-hydrogen) atoms. The molecule has 0 aliphatic rings. The Morgan fingerprint density at radius 1 is 0.450 bits per heavy atom. The van der Waals surface area contributed by atoms with Crippen molar-refractivity contribution in [3.05, 3.63) is 67.8 Å². The summed E-state index contributed by atoms with van der Waals surface area (Å²) in [7, 11) is 0. The molecule has 2 radical (unpaired) electrons. The van der Waals surface area contributed by atoms with E-state index >= 15 is 0 Å². The van der Waals surface area contributed by atoms with Gasteiger partial charge in [0.1, 0.15) is 0 Å². The fourth-order valence-electron chi connectivity index (χ4n) is 1.08. The predicted molar refractivity (Wildman–Crippen MR) is 56.0 cm³/mol. The molecule has 0 amide bonds. The zero-order chi connectivity index (χ0) is 8.93. The maximum Gasteiger partial charge on any atom is 3.00 e. The number of rotatable bonds is 2. The third-order valence-corrected chi connectivity index (χ3v) is 4.37. The van der Waals surface area contributed by atoms with Crippen LogP contribution in [0.1, 0.15) is 0 Å². The average molecular weight is 470 g/mol. The van der Waals surface area contributed by atoms with Gasteiger partial charge in [-0.3, -0.25) is 0 Å². The molecule has 8 heteroatoms. The van der Waals surface area contributed by atoms with Gasteiger partial charge in [0.15, 0.2) is 7.14 Å². The fraction of sp³-hybridized carbons (Fsp3) is 0. The van der Waals surface area contributed by atoms with Gasteiger partial charge in [0.05, 0.1) is 0 Å². The van der Waals surface area contributed by atoms with E-state index in [4.69, 9.17) is 0 Å². The molecule has 2 aromatic rings. The van der Waals surface area contributed by atoms with E-state index in [9.17, 15) is 0 Å². The van der Waals surface area contributed by atoms with Crippen LogP contribution in [0.5, 0.6) is 0 Å². The quantitative estimate of drug-likeness (QED) is 0.233. The van der Waals surface area contributed by atoms with E-state index < -0.39 is 0 Å². The summed E-state index contributed by atoms with van der Waals surface area (Å²) < 4.78 is 2.96. The Bertz CT molecular complexity index is 339. The van der Waals surface area contributed by atoms with Gasteiger partial charge < -0.3 is 28.2 Å². The molecule has 2 aromatic carbocycles. The van der Waals surface area contributed by atoms with Gasteiger partial charge in [-0.1, -0.05) is 36.4 Å². The van der Waals surface area contributed by atoms with Crippen molar-refractivity contribution in [3.63, 3.8) is 0 Å². The molecule has 0 bridgehead atoms. The Hall–Kier alpha value is -0.692. The van der Waals surface area contributed by atoms with Crippen molar-refractivity contribution in [3.8, 4) is 0 Å². The smallest absolute Gasteiger partial charge is 1.00 e. The average Bonchev–Trinajstić information content (AvgIpc) is 2.21. The summed E-state index contributed by atoms with van der Waals surface area (Å²) in [4.78, 5) is 0. The van der Waals surface area contributed by atoms with E-state index in [1.54, 1.807) is 0 Å². The fourth-order valence-corrected chi connectivity index (χ4v) is 3.35. The second-order valence-electron chi connectivity index (χ2n) is 2.69. The van der Waals surface area contributed by atoms with Gasteiger partial charge >= 0.3 is 39.2 Å². The molecule has 0 saturated heterocycles. The molecule has 0 nitrogen and oxygen atoms in total. The van der Waals surface area contributed by atoms with Crippen molar-refractivity contribution in [2.24, 2.45) is 0 Å². The van der Waals surface area contributed by atoms with Crippen molar-refractivity contribution in [1.29, 1.82) is 0 Å². The Balaban J connectivity index is -0.0000000700. The number of benzene rings is 2. The molecular formula is C12H10AsF6I-2. The number of hydrogen-bond acceptors (Lipinski definition) is 0. The molecule has 0 aliphatic carbocycles. The van der Waals surface area contributed by atoms with Gasteiger partial charge in [0.25, 0.3) is 0 Å². The van der Waals surface area contributed by atoms with Crippen LogP contribution in [0.3, 0.4) is 0 Å². The molecule has 0 aliphatic heterocycles. The van der Waals surface area contributed by atoms with Crippen LogP contribution in [0.4, 0.5) is 0 Å².